The van der Waals surface area contributed by atoms with Crippen LogP contribution < -0.4 is 5.32 Å². The Morgan fingerprint density at radius 3 is 2.65 bits per heavy atom. The highest BCUT2D eigenvalue weighted by molar-refractivity contribution is 5.85. The van der Waals surface area contributed by atoms with Gasteiger partial charge in [-0.15, -0.1) is 0 Å². The molecule has 1 fully saturated rings. The highest BCUT2D eigenvalue weighted by Crippen LogP contribution is 2.24. The summed E-state index contributed by atoms with van der Waals surface area (Å²) >= 11 is 0. The number of aliphatic carboxylic acids is 1. The van der Waals surface area contributed by atoms with Gasteiger partial charge in [-0.3, -0.25) is 4.79 Å². The molecule has 1 saturated carbocycles. The summed E-state index contributed by atoms with van der Waals surface area (Å²) in [6.45, 7) is 1.88. The third-order valence-corrected chi connectivity index (χ3v) is 3.21. The van der Waals surface area contributed by atoms with E-state index >= 15 is 0 Å². The van der Waals surface area contributed by atoms with E-state index in [1.807, 2.05) is 6.92 Å². The highest BCUT2D eigenvalue weighted by Gasteiger charge is 2.28. The lowest BCUT2D eigenvalue weighted by molar-refractivity contribution is -0.143. The summed E-state index contributed by atoms with van der Waals surface area (Å²) in [5.74, 6) is -1.46. The first-order valence-electron chi connectivity index (χ1n) is 6.25. The molecule has 0 saturated heterocycles. The molecule has 98 valence electrons. The zero-order valence-electron chi connectivity index (χ0n) is 10.2. The zero-order chi connectivity index (χ0) is 12.8. The van der Waals surface area contributed by atoms with Crippen molar-refractivity contribution >= 4 is 11.9 Å². The lowest BCUT2D eigenvalue weighted by Crippen LogP contribution is -2.44. The van der Waals surface area contributed by atoms with E-state index in [0.717, 1.165) is 19.3 Å². The molecule has 0 spiro atoms. The number of carbonyl (C=O) groups excluding carboxylic acids is 1. The van der Waals surface area contributed by atoms with E-state index in [1.165, 1.54) is 0 Å². The summed E-state index contributed by atoms with van der Waals surface area (Å²) in [6.07, 6.45) is 3.48. The molecule has 0 heterocycles. The third-order valence-electron chi connectivity index (χ3n) is 3.21. The number of aliphatic hydroxyl groups is 1. The Hall–Kier alpha value is -1.10. The minimum Gasteiger partial charge on any atom is -0.480 e. The molecule has 1 rings (SSSR count). The van der Waals surface area contributed by atoms with E-state index in [9.17, 15) is 14.7 Å². The van der Waals surface area contributed by atoms with Gasteiger partial charge in [-0.25, -0.2) is 4.79 Å². The molecule has 0 aromatic rings. The van der Waals surface area contributed by atoms with Crippen LogP contribution in [0.3, 0.4) is 0 Å². The van der Waals surface area contributed by atoms with Gasteiger partial charge in [-0.1, -0.05) is 19.8 Å². The maximum atomic E-state index is 11.8. The van der Waals surface area contributed by atoms with Crippen LogP contribution in [0.4, 0.5) is 0 Å². The second-order valence-electron chi connectivity index (χ2n) is 4.71. The van der Waals surface area contributed by atoms with Gasteiger partial charge in [0.05, 0.1) is 6.10 Å². The van der Waals surface area contributed by atoms with Crippen LogP contribution in [0.5, 0.6) is 0 Å². The lowest BCUT2D eigenvalue weighted by atomic mass is 9.86. The number of hydrogen-bond donors (Lipinski definition) is 3. The summed E-state index contributed by atoms with van der Waals surface area (Å²) < 4.78 is 0. The Kier molecular flexibility index (Phi) is 5.41. The van der Waals surface area contributed by atoms with Gasteiger partial charge in [0.2, 0.25) is 5.91 Å². The standard InChI is InChI=1S/C12H21NO4/c1-2-4-10(12(16)17)13-11(15)8-5-3-6-9(14)7-8/h8-10,14H,2-7H2,1H3,(H,13,15)(H,16,17). The van der Waals surface area contributed by atoms with Crippen molar-refractivity contribution in [3.63, 3.8) is 0 Å². The van der Waals surface area contributed by atoms with Crippen LogP contribution >= 0.6 is 0 Å². The number of carbonyl (C=O) groups is 2. The largest absolute Gasteiger partial charge is 0.480 e. The monoisotopic (exact) mass is 243 g/mol. The van der Waals surface area contributed by atoms with Gasteiger partial charge >= 0.3 is 5.97 Å². The van der Waals surface area contributed by atoms with Crippen molar-refractivity contribution in [2.24, 2.45) is 5.92 Å². The van der Waals surface area contributed by atoms with Crippen molar-refractivity contribution in [3.05, 3.63) is 0 Å². The van der Waals surface area contributed by atoms with Crippen LogP contribution in [0.2, 0.25) is 0 Å². The smallest absolute Gasteiger partial charge is 0.326 e. The van der Waals surface area contributed by atoms with Crippen LogP contribution in [0.1, 0.15) is 45.4 Å². The average molecular weight is 243 g/mol. The first kappa shape index (κ1) is 14.0. The van der Waals surface area contributed by atoms with E-state index in [-0.39, 0.29) is 11.8 Å². The number of hydrogen-bond acceptors (Lipinski definition) is 3. The molecule has 3 atom stereocenters. The molecule has 3 unspecified atom stereocenters. The second-order valence-corrected chi connectivity index (χ2v) is 4.71. The molecule has 0 bridgehead atoms. The van der Waals surface area contributed by atoms with E-state index in [2.05, 4.69) is 5.32 Å². The number of amides is 1. The van der Waals surface area contributed by atoms with Crippen molar-refractivity contribution < 1.29 is 19.8 Å². The first-order chi connectivity index (χ1) is 8.04. The number of carboxylic acid groups (broad SMARTS) is 1. The summed E-state index contributed by atoms with van der Waals surface area (Å²) in [6, 6.07) is -0.799. The van der Waals surface area contributed by atoms with Crippen LogP contribution in [0.25, 0.3) is 0 Å². The molecule has 17 heavy (non-hydrogen) atoms. The molecule has 3 N–H and O–H groups in total. The van der Waals surface area contributed by atoms with E-state index < -0.39 is 18.1 Å². The molecule has 0 aliphatic heterocycles. The Morgan fingerprint density at radius 1 is 1.41 bits per heavy atom. The highest BCUT2D eigenvalue weighted by atomic mass is 16.4. The van der Waals surface area contributed by atoms with Crippen molar-refractivity contribution in [2.75, 3.05) is 0 Å². The van der Waals surface area contributed by atoms with Gasteiger partial charge < -0.3 is 15.5 Å². The van der Waals surface area contributed by atoms with Gasteiger partial charge in [-0.05, 0) is 25.7 Å². The third kappa shape index (κ3) is 4.34. The van der Waals surface area contributed by atoms with Crippen LogP contribution in [-0.4, -0.2) is 34.2 Å². The maximum absolute atomic E-state index is 11.8. The van der Waals surface area contributed by atoms with E-state index in [4.69, 9.17) is 5.11 Å². The maximum Gasteiger partial charge on any atom is 0.326 e. The van der Waals surface area contributed by atoms with Crippen LogP contribution in [0.15, 0.2) is 0 Å². The zero-order valence-corrected chi connectivity index (χ0v) is 10.2. The Bertz CT molecular complexity index is 280. The SMILES string of the molecule is CCCC(NC(=O)C1CCCC(O)C1)C(=O)O. The Morgan fingerprint density at radius 2 is 2.12 bits per heavy atom. The molecule has 0 aromatic heterocycles. The van der Waals surface area contributed by atoms with Gasteiger partial charge in [-0.2, -0.15) is 0 Å². The van der Waals surface area contributed by atoms with Crippen LogP contribution in [0, 0.1) is 5.92 Å². The normalized spacial score (nSPS) is 26.2. The molecular weight excluding hydrogens is 222 g/mol. The molecule has 0 radical (unpaired) electrons. The minimum absolute atomic E-state index is 0.232. The van der Waals surface area contributed by atoms with E-state index in [1.54, 1.807) is 0 Å². The number of rotatable bonds is 5. The molecule has 1 aliphatic rings. The number of nitrogens with one attached hydrogen (secondary N) is 1. The summed E-state index contributed by atoms with van der Waals surface area (Å²) in [4.78, 5) is 22.8. The average Bonchev–Trinajstić information content (AvgIpc) is 2.28. The fourth-order valence-corrected chi connectivity index (χ4v) is 2.24. The summed E-state index contributed by atoms with van der Waals surface area (Å²) in [5, 5.41) is 21.0. The van der Waals surface area contributed by atoms with Gasteiger partial charge in [0.1, 0.15) is 6.04 Å². The molecule has 1 amide bonds. The van der Waals surface area contributed by atoms with E-state index in [0.29, 0.717) is 19.3 Å². The topological polar surface area (TPSA) is 86.6 Å². The first-order valence-corrected chi connectivity index (χ1v) is 6.25. The second kappa shape index (κ2) is 6.59. The van der Waals surface area contributed by atoms with Gasteiger partial charge in [0, 0.05) is 5.92 Å². The fourth-order valence-electron chi connectivity index (χ4n) is 2.24. The predicted octanol–water partition coefficient (Wildman–Crippen LogP) is 0.907. The minimum atomic E-state index is -0.989. The Labute approximate surface area is 101 Å². The Balaban J connectivity index is 2.48. The number of carboxylic acids is 1. The van der Waals surface area contributed by atoms with Gasteiger partial charge in [0.15, 0.2) is 0 Å². The quantitative estimate of drug-likeness (QED) is 0.669. The molecule has 1 aliphatic carbocycles. The van der Waals surface area contributed by atoms with Crippen LogP contribution in [-0.2, 0) is 9.59 Å². The van der Waals surface area contributed by atoms with Crippen molar-refractivity contribution in [2.45, 2.75) is 57.6 Å². The van der Waals surface area contributed by atoms with Crippen molar-refractivity contribution in [3.8, 4) is 0 Å². The van der Waals surface area contributed by atoms with Crippen molar-refractivity contribution in [1.82, 2.24) is 5.32 Å². The molecule has 5 heteroatoms. The lowest BCUT2D eigenvalue weighted by Gasteiger charge is -2.26. The predicted molar refractivity (Wildman–Crippen MR) is 62.4 cm³/mol. The van der Waals surface area contributed by atoms with Crippen molar-refractivity contribution in [1.29, 1.82) is 0 Å². The molecule has 0 aromatic carbocycles. The summed E-state index contributed by atoms with van der Waals surface area (Å²) in [7, 11) is 0. The van der Waals surface area contributed by atoms with Gasteiger partial charge in [0.25, 0.3) is 0 Å². The fraction of sp³-hybridized carbons (Fsp3) is 0.833. The summed E-state index contributed by atoms with van der Waals surface area (Å²) in [5.41, 5.74) is 0. The molecular formula is C12H21NO4. The molecule has 5 nitrogen and oxygen atoms in total. The number of aliphatic hydroxyl groups excluding tert-OH is 1.